The van der Waals surface area contributed by atoms with Crippen LogP contribution in [0, 0.1) is 0 Å². The molecule has 7 heteroatoms. The third-order valence-corrected chi connectivity index (χ3v) is 4.02. The van der Waals surface area contributed by atoms with E-state index in [1.807, 2.05) is 24.3 Å². The number of hydrogen-bond acceptors (Lipinski definition) is 3. The molecule has 1 aliphatic heterocycles. The lowest BCUT2D eigenvalue weighted by Crippen LogP contribution is -2.17. The second-order valence-corrected chi connectivity index (χ2v) is 5.66. The molecule has 1 aliphatic rings. The van der Waals surface area contributed by atoms with Crippen molar-refractivity contribution in [3.63, 3.8) is 0 Å². The van der Waals surface area contributed by atoms with Crippen LogP contribution >= 0.6 is 0 Å². The first-order valence-electron chi connectivity index (χ1n) is 7.56. The molecule has 0 atom stereocenters. The summed E-state index contributed by atoms with van der Waals surface area (Å²) >= 11 is 0. The fourth-order valence-electron chi connectivity index (χ4n) is 3.03. The Morgan fingerprint density at radius 3 is 2.52 bits per heavy atom. The average molecular weight is 346 g/mol. The monoisotopic (exact) mass is 346 g/mol. The molecule has 2 heterocycles. The molecule has 0 aliphatic carbocycles. The van der Waals surface area contributed by atoms with E-state index in [1.165, 1.54) is 12.1 Å². The molecule has 0 N–H and O–H groups in total. The standard InChI is InChI=1S/C18H13F3N2O2/c1-23-17(11-6-8-12(9-7-11)25-18(19,20)21)14-10-24-15-5-3-2-4-13(15)16(14)22-23/h2-9H,10H2,1H3. The summed E-state index contributed by atoms with van der Waals surface area (Å²) in [6.45, 7) is 0.357. The highest BCUT2D eigenvalue weighted by atomic mass is 19.4. The van der Waals surface area contributed by atoms with Crippen LogP contribution in [-0.4, -0.2) is 16.1 Å². The summed E-state index contributed by atoms with van der Waals surface area (Å²) < 4.78 is 48.3. The number of hydrogen-bond donors (Lipinski definition) is 0. The van der Waals surface area contributed by atoms with Crippen LogP contribution in [0.5, 0.6) is 11.5 Å². The van der Waals surface area contributed by atoms with Crippen LogP contribution in [0.25, 0.3) is 22.5 Å². The van der Waals surface area contributed by atoms with Crippen molar-refractivity contribution >= 4 is 0 Å². The van der Waals surface area contributed by atoms with Crippen LogP contribution < -0.4 is 9.47 Å². The minimum Gasteiger partial charge on any atom is -0.488 e. The highest BCUT2D eigenvalue weighted by molar-refractivity contribution is 5.79. The molecule has 128 valence electrons. The zero-order valence-electron chi connectivity index (χ0n) is 13.2. The summed E-state index contributed by atoms with van der Waals surface area (Å²) in [5.41, 5.74) is 4.19. The molecule has 0 amide bonds. The Kier molecular flexibility index (Phi) is 3.45. The van der Waals surface area contributed by atoms with Crippen molar-refractivity contribution in [2.24, 2.45) is 7.05 Å². The zero-order valence-corrected chi connectivity index (χ0v) is 13.2. The van der Waals surface area contributed by atoms with Crippen molar-refractivity contribution in [1.82, 2.24) is 9.78 Å². The van der Waals surface area contributed by atoms with Gasteiger partial charge in [0.05, 0.1) is 5.69 Å². The fraction of sp³-hybridized carbons (Fsp3) is 0.167. The van der Waals surface area contributed by atoms with Crippen LogP contribution in [-0.2, 0) is 13.7 Å². The Labute approximate surface area is 141 Å². The highest BCUT2D eigenvalue weighted by Gasteiger charge is 2.31. The minimum atomic E-state index is -4.70. The number of ether oxygens (including phenoxy) is 2. The van der Waals surface area contributed by atoms with Crippen molar-refractivity contribution in [1.29, 1.82) is 0 Å². The minimum absolute atomic E-state index is 0.256. The van der Waals surface area contributed by atoms with Crippen molar-refractivity contribution in [2.45, 2.75) is 13.0 Å². The maximum atomic E-state index is 12.3. The second kappa shape index (κ2) is 5.54. The summed E-state index contributed by atoms with van der Waals surface area (Å²) in [5, 5.41) is 4.58. The molecule has 0 fully saturated rings. The normalized spacial score (nSPS) is 13.0. The summed E-state index contributed by atoms with van der Waals surface area (Å²) in [4.78, 5) is 0. The van der Waals surface area contributed by atoms with Crippen molar-refractivity contribution in [3.05, 3.63) is 54.1 Å². The van der Waals surface area contributed by atoms with Gasteiger partial charge in [-0.3, -0.25) is 4.68 Å². The first-order chi connectivity index (χ1) is 11.9. The quantitative estimate of drug-likeness (QED) is 0.683. The van der Waals surface area contributed by atoms with Gasteiger partial charge in [0.15, 0.2) is 0 Å². The predicted octanol–water partition coefficient (Wildman–Crippen LogP) is 4.55. The molecule has 3 aromatic rings. The van der Waals surface area contributed by atoms with E-state index in [4.69, 9.17) is 4.74 Å². The molecule has 4 nitrogen and oxygen atoms in total. The molecule has 1 aromatic heterocycles. The van der Waals surface area contributed by atoms with Crippen LogP contribution in [0.4, 0.5) is 13.2 Å². The van der Waals surface area contributed by atoms with Gasteiger partial charge < -0.3 is 9.47 Å². The van der Waals surface area contributed by atoms with E-state index in [0.29, 0.717) is 6.61 Å². The summed E-state index contributed by atoms with van der Waals surface area (Å²) in [7, 11) is 1.80. The van der Waals surface area contributed by atoms with Gasteiger partial charge in [0.25, 0.3) is 0 Å². The molecule has 0 saturated carbocycles. The Hall–Kier alpha value is -2.96. The third kappa shape index (κ3) is 2.82. The second-order valence-electron chi connectivity index (χ2n) is 5.66. The SMILES string of the molecule is Cn1nc2c(c1-c1ccc(OC(F)(F)F)cc1)COc1ccccc1-2. The van der Waals surface area contributed by atoms with Gasteiger partial charge in [-0.15, -0.1) is 13.2 Å². The predicted molar refractivity (Wildman–Crippen MR) is 85.1 cm³/mol. The van der Waals surface area contributed by atoms with E-state index in [2.05, 4.69) is 9.84 Å². The number of fused-ring (bicyclic) bond motifs is 3. The van der Waals surface area contributed by atoms with E-state index in [9.17, 15) is 13.2 Å². The number of rotatable bonds is 2. The number of aryl methyl sites for hydroxylation is 1. The Bertz CT molecular complexity index is 930. The summed E-state index contributed by atoms with van der Waals surface area (Å²) in [5.74, 6) is 0.516. The fourth-order valence-corrected chi connectivity index (χ4v) is 3.03. The largest absolute Gasteiger partial charge is 0.573 e. The van der Waals surface area contributed by atoms with E-state index >= 15 is 0 Å². The van der Waals surface area contributed by atoms with E-state index < -0.39 is 6.36 Å². The van der Waals surface area contributed by atoms with Gasteiger partial charge in [-0.1, -0.05) is 12.1 Å². The summed E-state index contributed by atoms with van der Waals surface area (Å²) in [6, 6.07) is 13.4. The molecular weight excluding hydrogens is 333 g/mol. The van der Waals surface area contributed by atoms with E-state index in [-0.39, 0.29) is 5.75 Å². The Balaban J connectivity index is 1.75. The van der Waals surface area contributed by atoms with Crippen molar-refractivity contribution in [3.8, 4) is 34.0 Å². The molecule has 0 radical (unpaired) electrons. The number of alkyl halides is 3. The zero-order chi connectivity index (χ0) is 17.6. The number of nitrogens with zero attached hydrogens (tertiary/aromatic N) is 2. The molecule has 0 bridgehead atoms. The molecule has 0 saturated heterocycles. The van der Waals surface area contributed by atoms with Gasteiger partial charge in [0, 0.05) is 23.7 Å². The van der Waals surface area contributed by atoms with Crippen LogP contribution in [0.15, 0.2) is 48.5 Å². The number of aromatic nitrogens is 2. The van der Waals surface area contributed by atoms with Gasteiger partial charge >= 0.3 is 6.36 Å². The average Bonchev–Trinajstić information content (AvgIpc) is 2.91. The van der Waals surface area contributed by atoms with E-state index in [1.54, 1.807) is 23.9 Å². The Morgan fingerprint density at radius 1 is 1.08 bits per heavy atom. The lowest BCUT2D eigenvalue weighted by Gasteiger charge is -2.17. The molecule has 0 unspecified atom stereocenters. The van der Waals surface area contributed by atoms with Gasteiger partial charge in [0.2, 0.25) is 0 Å². The van der Waals surface area contributed by atoms with Crippen molar-refractivity contribution < 1.29 is 22.6 Å². The van der Waals surface area contributed by atoms with E-state index in [0.717, 1.165) is 33.8 Å². The molecule has 25 heavy (non-hydrogen) atoms. The molecular formula is C18H13F3N2O2. The van der Waals surface area contributed by atoms with Crippen LogP contribution in [0.2, 0.25) is 0 Å². The number of halogens is 3. The van der Waals surface area contributed by atoms with Gasteiger partial charge in [-0.2, -0.15) is 5.10 Å². The lowest BCUT2D eigenvalue weighted by molar-refractivity contribution is -0.274. The summed E-state index contributed by atoms with van der Waals surface area (Å²) in [6.07, 6.45) is -4.70. The maximum absolute atomic E-state index is 12.3. The van der Waals surface area contributed by atoms with Gasteiger partial charge in [-0.25, -0.2) is 0 Å². The highest BCUT2D eigenvalue weighted by Crippen LogP contribution is 2.40. The number of benzene rings is 2. The number of para-hydroxylation sites is 1. The lowest BCUT2D eigenvalue weighted by atomic mass is 10.00. The molecule has 4 rings (SSSR count). The van der Waals surface area contributed by atoms with Gasteiger partial charge in [0.1, 0.15) is 23.8 Å². The van der Waals surface area contributed by atoms with Gasteiger partial charge in [-0.05, 0) is 36.4 Å². The first-order valence-corrected chi connectivity index (χ1v) is 7.56. The van der Waals surface area contributed by atoms with Crippen LogP contribution in [0.1, 0.15) is 5.56 Å². The smallest absolute Gasteiger partial charge is 0.488 e. The first kappa shape index (κ1) is 15.6. The molecule has 0 spiro atoms. The molecule has 2 aromatic carbocycles. The maximum Gasteiger partial charge on any atom is 0.573 e. The van der Waals surface area contributed by atoms with Crippen LogP contribution in [0.3, 0.4) is 0 Å². The van der Waals surface area contributed by atoms with Crippen molar-refractivity contribution in [2.75, 3.05) is 0 Å². The topological polar surface area (TPSA) is 36.3 Å². The third-order valence-electron chi connectivity index (χ3n) is 4.02. The Morgan fingerprint density at radius 2 is 1.80 bits per heavy atom.